The van der Waals surface area contributed by atoms with E-state index < -0.39 is 0 Å². The second kappa shape index (κ2) is 9.46. The highest BCUT2D eigenvalue weighted by Crippen LogP contribution is 2.41. The third-order valence-electron chi connectivity index (χ3n) is 4.43. The van der Waals surface area contributed by atoms with E-state index >= 15 is 0 Å². The van der Waals surface area contributed by atoms with Crippen LogP contribution in [-0.4, -0.2) is 60.8 Å². The molecule has 0 saturated carbocycles. The van der Waals surface area contributed by atoms with E-state index in [9.17, 15) is 4.79 Å². The van der Waals surface area contributed by atoms with Crippen molar-refractivity contribution in [3.8, 4) is 0 Å². The third kappa shape index (κ3) is 4.53. The Labute approximate surface area is 174 Å². The molecule has 0 aromatic heterocycles. The van der Waals surface area contributed by atoms with Crippen molar-refractivity contribution < 1.29 is 14.5 Å². The number of nitrogens with one attached hydrogen (secondary N) is 1. The smallest absolute Gasteiger partial charge is 0.273 e. The van der Waals surface area contributed by atoms with Crippen molar-refractivity contribution in [1.29, 1.82) is 0 Å². The quantitative estimate of drug-likeness (QED) is 0.516. The number of allylic oxidation sites excluding steroid dienone is 2. The van der Waals surface area contributed by atoms with Gasteiger partial charge in [0.1, 0.15) is 20.1 Å². The van der Waals surface area contributed by atoms with Gasteiger partial charge in [-0.1, -0.05) is 46.3 Å². The van der Waals surface area contributed by atoms with Crippen LogP contribution in [0.15, 0.2) is 50.3 Å². The number of likely N-dealkylation sites (N-methyl/N-ethyl adjacent to an activating group) is 1. The van der Waals surface area contributed by atoms with Crippen LogP contribution in [0.5, 0.6) is 0 Å². The van der Waals surface area contributed by atoms with Crippen LogP contribution in [-0.2, 0) is 21.1 Å². The average Bonchev–Trinajstić information content (AvgIpc) is 3.24. The van der Waals surface area contributed by atoms with Crippen LogP contribution in [0, 0.1) is 0 Å². The normalized spacial score (nSPS) is 18.6. The number of hydrogen-bond donors (Lipinski definition) is 1. The molecule has 1 aromatic rings. The van der Waals surface area contributed by atoms with Gasteiger partial charge in [0.05, 0.1) is 5.70 Å². The molecule has 0 radical (unpaired) electrons. The van der Waals surface area contributed by atoms with E-state index in [1.54, 1.807) is 31.1 Å². The molecule has 0 fully saturated rings. The van der Waals surface area contributed by atoms with E-state index in [0.717, 1.165) is 11.3 Å². The molecule has 0 aliphatic carbocycles. The lowest BCUT2D eigenvalue weighted by Gasteiger charge is -2.21. The zero-order chi connectivity index (χ0) is 20.8. The summed E-state index contributed by atoms with van der Waals surface area (Å²) in [5.41, 5.74) is 2.90. The standard InChI is InChI=1S/C19H24N6O3S/c1-13-16(25-19(29-13)24(3)12-21-25)9-10-22-28-11-14-7-5-6-8-15(14)17(23-27-4)18(26)20-2/h5-8,10,12,19H,9,11H2,1-4H3,(H,20,26). The highest BCUT2D eigenvalue weighted by atomic mass is 32.2. The van der Waals surface area contributed by atoms with Gasteiger partial charge in [-0.05, 0) is 6.92 Å². The Morgan fingerprint density at radius 3 is 2.97 bits per heavy atom. The van der Waals surface area contributed by atoms with Crippen molar-refractivity contribution in [2.24, 2.45) is 15.4 Å². The van der Waals surface area contributed by atoms with Crippen molar-refractivity contribution in [3.05, 3.63) is 46.0 Å². The summed E-state index contributed by atoms with van der Waals surface area (Å²) in [6.45, 7) is 2.29. The number of rotatable bonds is 8. The van der Waals surface area contributed by atoms with Gasteiger partial charge in [-0.3, -0.25) is 4.79 Å². The Balaban J connectivity index is 1.61. The van der Waals surface area contributed by atoms with E-state index in [0.29, 0.717) is 12.0 Å². The fourth-order valence-corrected chi connectivity index (χ4v) is 4.10. The molecule has 29 heavy (non-hydrogen) atoms. The zero-order valence-corrected chi connectivity index (χ0v) is 17.6. The zero-order valence-electron chi connectivity index (χ0n) is 16.8. The second-order valence-corrected chi connectivity index (χ2v) is 7.58. The maximum absolute atomic E-state index is 12.1. The van der Waals surface area contributed by atoms with Crippen LogP contribution in [0.4, 0.5) is 0 Å². The van der Waals surface area contributed by atoms with Crippen LogP contribution in [0.3, 0.4) is 0 Å². The fourth-order valence-electron chi connectivity index (χ4n) is 2.97. The largest absolute Gasteiger partial charge is 0.398 e. The summed E-state index contributed by atoms with van der Waals surface area (Å²) in [6, 6.07) is 7.35. The first kappa shape index (κ1) is 20.7. The summed E-state index contributed by atoms with van der Waals surface area (Å²) in [5, 5.41) is 16.9. The Bertz CT molecular complexity index is 882. The summed E-state index contributed by atoms with van der Waals surface area (Å²) in [6.07, 6.45) is 4.16. The fraction of sp³-hybridized carbons (Fsp3) is 0.368. The number of carbonyl (C=O) groups is 1. The van der Waals surface area contributed by atoms with Gasteiger partial charge in [0.2, 0.25) is 0 Å². The minimum absolute atomic E-state index is 0.184. The molecule has 1 atom stereocenters. The van der Waals surface area contributed by atoms with Gasteiger partial charge < -0.3 is 19.9 Å². The first-order valence-electron chi connectivity index (χ1n) is 9.03. The Kier molecular flexibility index (Phi) is 6.76. The lowest BCUT2D eigenvalue weighted by Crippen LogP contribution is -2.30. The summed E-state index contributed by atoms with van der Waals surface area (Å²) in [5.74, 6) is -0.338. The Hall–Kier alpha value is -3.01. The SMILES string of the molecule is CNC(=O)C(=NOC)c1ccccc1CON=CCC1=C(C)SC2N(C)C=NN12. The van der Waals surface area contributed by atoms with Crippen LogP contribution in [0.2, 0.25) is 0 Å². The number of benzene rings is 1. The molecular formula is C19H24N6O3S. The van der Waals surface area contributed by atoms with Gasteiger partial charge in [0.25, 0.3) is 5.91 Å². The van der Waals surface area contributed by atoms with Crippen LogP contribution in [0.1, 0.15) is 24.5 Å². The molecule has 1 unspecified atom stereocenters. The van der Waals surface area contributed by atoms with Crippen molar-refractivity contribution in [2.45, 2.75) is 25.4 Å². The lowest BCUT2D eigenvalue weighted by atomic mass is 10.0. The summed E-state index contributed by atoms with van der Waals surface area (Å²) < 4.78 is 0. The van der Waals surface area contributed by atoms with Crippen molar-refractivity contribution in [3.63, 3.8) is 0 Å². The minimum Gasteiger partial charge on any atom is -0.398 e. The number of hydrazone groups is 1. The lowest BCUT2D eigenvalue weighted by molar-refractivity contribution is -0.114. The predicted octanol–water partition coefficient (Wildman–Crippen LogP) is 2.13. The molecule has 2 heterocycles. The Morgan fingerprint density at radius 1 is 1.41 bits per heavy atom. The monoisotopic (exact) mass is 416 g/mol. The molecule has 154 valence electrons. The molecular weight excluding hydrogens is 392 g/mol. The maximum atomic E-state index is 12.1. The molecule has 1 N–H and O–H groups in total. The minimum atomic E-state index is -0.338. The predicted molar refractivity (Wildman–Crippen MR) is 114 cm³/mol. The summed E-state index contributed by atoms with van der Waals surface area (Å²) >= 11 is 1.77. The topological polar surface area (TPSA) is 91.1 Å². The highest BCUT2D eigenvalue weighted by Gasteiger charge is 2.35. The molecule has 1 amide bonds. The second-order valence-electron chi connectivity index (χ2n) is 6.31. The first-order valence-corrected chi connectivity index (χ1v) is 9.91. The molecule has 3 rings (SSSR count). The number of amides is 1. The van der Waals surface area contributed by atoms with Gasteiger partial charge in [-0.2, -0.15) is 5.10 Å². The van der Waals surface area contributed by atoms with E-state index in [-0.39, 0.29) is 23.7 Å². The molecule has 10 heteroatoms. The summed E-state index contributed by atoms with van der Waals surface area (Å²) in [7, 11) is 4.95. The highest BCUT2D eigenvalue weighted by molar-refractivity contribution is 8.03. The third-order valence-corrected chi connectivity index (χ3v) is 5.76. The van der Waals surface area contributed by atoms with Crippen LogP contribution < -0.4 is 5.32 Å². The van der Waals surface area contributed by atoms with Gasteiger partial charge in [0, 0.05) is 42.8 Å². The number of nitrogens with zero attached hydrogens (tertiary/aromatic N) is 5. The van der Waals surface area contributed by atoms with E-state index in [1.165, 1.54) is 12.0 Å². The van der Waals surface area contributed by atoms with E-state index in [4.69, 9.17) is 9.68 Å². The number of hydrogen-bond acceptors (Lipinski definition) is 9. The number of fused-ring (bicyclic) bond motifs is 1. The molecule has 2 aliphatic heterocycles. The first-order chi connectivity index (χ1) is 14.1. The van der Waals surface area contributed by atoms with Gasteiger partial charge >= 0.3 is 0 Å². The molecule has 0 bridgehead atoms. The van der Waals surface area contributed by atoms with Crippen molar-refractivity contribution in [1.82, 2.24) is 15.2 Å². The summed E-state index contributed by atoms with van der Waals surface area (Å²) in [4.78, 5) is 25.7. The Morgan fingerprint density at radius 2 is 2.21 bits per heavy atom. The van der Waals surface area contributed by atoms with Crippen molar-refractivity contribution >= 4 is 35.9 Å². The van der Waals surface area contributed by atoms with Gasteiger partial charge in [0.15, 0.2) is 11.2 Å². The number of carbonyl (C=O) groups excluding carboxylic acids is 1. The number of thioether (sulfide) groups is 1. The molecule has 2 aliphatic rings. The molecule has 9 nitrogen and oxygen atoms in total. The van der Waals surface area contributed by atoms with Gasteiger partial charge in [-0.15, -0.1) is 0 Å². The number of oxime groups is 2. The molecule has 1 aromatic carbocycles. The van der Waals surface area contributed by atoms with Crippen LogP contribution in [0.25, 0.3) is 0 Å². The van der Waals surface area contributed by atoms with Gasteiger partial charge in [-0.25, -0.2) is 5.01 Å². The maximum Gasteiger partial charge on any atom is 0.273 e. The molecule has 0 saturated heterocycles. The van der Waals surface area contributed by atoms with Crippen molar-refractivity contribution in [2.75, 3.05) is 21.2 Å². The average molecular weight is 417 g/mol. The van der Waals surface area contributed by atoms with E-state index in [2.05, 4.69) is 32.6 Å². The van der Waals surface area contributed by atoms with Crippen LogP contribution >= 0.6 is 11.8 Å². The molecule has 0 spiro atoms. The van der Waals surface area contributed by atoms with E-state index in [1.807, 2.05) is 36.6 Å².